The number of hydrogen-bond donors (Lipinski definition) is 2. The highest BCUT2D eigenvalue weighted by molar-refractivity contribution is 6.31. The molecule has 0 spiro atoms. The van der Waals surface area contributed by atoms with Gasteiger partial charge < -0.3 is 15.4 Å². The van der Waals surface area contributed by atoms with Crippen LogP contribution in [0.25, 0.3) is 0 Å². The summed E-state index contributed by atoms with van der Waals surface area (Å²) in [5, 5.41) is 7.51. The van der Waals surface area contributed by atoms with Gasteiger partial charge in [-0.15, -0.1) is 0 Å². The van der Waals surface area contributed by atoms with E-state index in [9.17, 15) is 0 Å². The van der Waals surface area contributed by atoms with Gasteiger partial charge in [-0.3, -0.25) is 0 Å². The summed E-state index contributed by atoms with van der Waals surface area (Å²) in [6.07, 6.45) is 3.98. The first-order valence-electron chi connectivity index (χ1n) is 9.26. The summed E-state index contributed by atoms with van der Waals surface area (Å²) in [6, 6.07) is 10.1. The number of anilines is 1. The summed E-state index contributed by atoms with van der Waals surface area (Å²) in [4.78, 5) is 9.21. The van der Waals surface area contributed by atoms with E-state index in [0.29, 0.717) is 19.1 Å². The summed E-state index contributed by atoms with van der Waals surface area (Å²) in [5.41, 5.74) is 1.99. The van der Waals surface area contributed by atoms with Crippen molar-refractivity contribution in [3.8, 4) is 0 Å². The molecule has 1 aliphatic heterocycles. The molecular weight excluding hydrogens is 348 g/mol. The lowest BCUT2D eigenvalue weighted by molar-refractivity contribution is 0.0870. The second-order valence-electron chi connectivity index (χ2n) is 6.92. The summed E-state index contributed by atoms with van der Waals surface area (Å²) in [5.74, 6) is 0.639. The molecule has 140 valence electrons. The van der Waals surface area contributed by atoms with E-state index in [0.717, 1.165) is 42.2 Å². The number of rotatable bonds is 7. The van der Waals surface area contributed by atoms with Crippen molar-refractivity contribution in [1.82, 2.24) is 15.3 Å². The Labute approximate surface area is 160 Å². The second kappa shape index (κ2) is 8.80. The summed E-state index contributed by atoms with van der Waals surface area (Å²) >= 11 is 6.57. The molecule has 1 aromatic carbocycles. The Kier molecular flexibility index (Phi) is 6.46. The van der Waals surface area contributed by atoms with Gasteiger partial charge >= 0.3 is 0 Å². The van der Waals surface area contributed by atoms with Gasteiger partial charge in [-0.1, -0.05) is 29.8 Å². The molecule has 2 N–H and O–H groups in total. The lowest BCUT2D eigenvalue weighted by atomic mass is 9.70. The smallest absolute Gasteiger partial charge is 0.222 e. The first kappa shape index (κ1) is 19.1. The summed E-state index contributed by atoms with van der Waals surface area (Å²) in [7, 11) is 0. The molecule has 5 nitrogen and oxygen atoms in total. The SMILES string of the molecule is CC(C)OCCNc1nccc(C2(c3ccccc3Cl)CCNCC2)n1. The van der Waals surface area contributed by atoms with E-state index in [4.69, 9.17) is 21.3 Å². The molecule has 0 amide bonds. The highest BCUT2D eigenvalue weighted by Crippen LogP contribution is 2.42. The molecule has 0 bridgehead atoms. The summed E-state index contributed by atoms with van der Waals surface area (Å²) < 4.78 is 5.57. The third-order valence-electron chi connectivity index (χ3n) is 4.83. The zero-order chi connectivity index (χ0) is 18.4. The molecule has 0 saturated carbocycles. The monoisotopic (exact) mass is 374 g/mol. The fraction of sp³-hybridized carbons (Fsp3) is 0.500. The predicted octanol–water partition coefficient (Wildman–Crippen LogP) is 3.64. The Hall–Kier alpha value is -1.69. The molecule has 1 aromatic heterocycles. The highest BCUT2D eigenvalue weighted by atomic mass is 35.5. The van der Waals surface area contributed by atoms with E-state index < -0.39 is 0 Å². The zero-order valence-electron chi connectivity index (χ0n) is 15.5. The molecule has 1 fully saturated rings. The van der Waals surface area contributed by atoms with Gasteiger partial charge in [0.05, 0.1) is 18.4 Å². The summed E-state index contributed by atoms with van der Waals surface area (Å²) in [6.45, 7) is 7.26. The largest absolute Gasteiger partial charge is 0.377 e. The number of halogens is 1. The molecule has 3 rings (SSSR count). The molecule has 0 atom stereocenters. The minimum atomic E-state index is -0.183. The maximum Gasteiger partial charge on any atom is 0.222 e. The normalized spacial score (nSPS) is 16.6. The molecule has 6 heteroatoms. The van der Waals surface area contributed by atoms with E-state index in [2.05, 4.69) is 27.8 Å². The molecule has 0 radical (unpaired) electrons. The molecule has 1 saturated heterocycles. The van der Waals surface area contributed by atoms with E-state index >= 15 is 0 Å². The Morgan fingerprint density at radius 3 is 2.73 bits per heavy atom. The Balaban J connectivity index is 1.86. The maximum absolute atomic E-state index is 6.57. The minimum absolute atomic E-state index is 0.183. The third-order valence-corrected chi connectivity index (χ3v) is 5.16. The van der Waals surface area contributed by atoms with Crippen LogP contribution in [0.5, 0.6) is 0 Å². The standard InChI is InChI=1S/C20H27ClN4O/c1-15(2)26-14-13-24-19-23-10-7-18(25-19)20(8-11-22-12-9-20)16-5-3-4-6-17(16)21/h3-7,10,15,22H,8-9,11-14H2,1-2H3,(H,23,24,25). The molecular formula is C20H27ClN4O. The molecule has 0 unspecified atom stereocenters. The van der Waals surface area contributed by atoms with Gasteiger partial charge in [0, 0.05) is 23.2 Å². The van der Waals surface area contributed by atoms with Crippen LogP contribution in [0.2, 0.25) is 5.02 Å². The lowest BCUT2D eigenvalue weighted by Crippen LogP contribution is -2.41. The van der Waals surface area contributed by atoms with Crippen molar-refractivity contribution >= 4 is 17.5 Å². The Morgan fingerprint density at radius 2 is 2.00 bits per heavy atom. The van der Waals surface area contributed by atoms with Gasteiger partial charge in [0.1, 0.15) is 0 Å². The van der Waals surface area contributed by atoms with Crippen molar-refractivity contribution in [2.45, 2.75) is 38.2 Å². The van der Waals surface area contributed by atoms with Crippen LogP contribution >= 0.6 is 11.6 Å². The van der Waals surface area contributed by atoms with Crippen molar-refractivity contribution in [3.63, 3.8) is 0 Å². The minimum Gasteiger partial charge on any atom is -0.377 e. The van der Waals surface area contributed by atoms with Crippen LogP contribution in [-0.4, -0.2) is 42.3 Å². The van der Waals surface area contributed by atoms with Gasteiger partial charge in [0.25, 0.3) is 0 Å². The molecule has 2 aromatic rings. The van der Waals surface area contributed by atoms with Crippen LogP contribution in [0.1, 0.15) is 37.9 Å². The Bertz CT molecular complexity index is 716. The average molecular weight is 375 g/mol. The first-order valence-corrected chi connectivity index (χ1v) is 9.64. The molecule has 1 aliphatic rings. The molecule has 26 heavy (non-hydrogen) atoms. The van der Waals surface area contributed by atoms with Crippen molar-refractivity contribution in [2.24, 2.45) is 0 Å². The lowest BCUT2D eigenvalue weighted by Gasteiger charge is -2.38. The highest BCUT2D eigenvalue weighted by Gasteiger charge is 2.38. The van der Waals surface area contributed by atoms with Crippen LogP contribution in [0, 0.1) is 0 Å². The number of hydrogen-bond acceptors (Lipinski definition) is 5. The average Bonchev–Trinajstić information content (AvgIpc) is 2.66. The van der Waals surface area contributed by atoms with Crippen LogP contribution in [-0.2, 0) is 10.2 Å². The zero-order valence-corrected chi connectivity index (χ0v) is 16.2. The number of piperidine rings is 1. The quantitative estimate of drug-likeness (QED) is 0.724. The number of ether oxygens (including phenoxy) is 1. The fourth-order valence-corrected chi connectivity index (χ4v) is 3.85. The van der Waals surface area contributed by atoms with E-state index in [1.54, 1.807) is 0 Å². The van der Waals surface area contributed by atoms with Crippen molar-refractivity contribution in [1.29, 1.82) is 0 Å². The third kappa shape index (κ3) is 4.34. The topological polar surface area (TPSA) is 59.1 Å². The fourth-order valence-electron chi connectivity index (χ4n) is 3.53. The van der Waals surface area contributed by atoms with Gasteiger partial charge in [-0.25, -0.2) is 9.97 Å². The van der Waals surface area contributed by atoms with Crippen LogP contribution in [0.4, 0.5) is 5.95 Å². The van der Waals surface area contributed by atoms with Gasteiger partial charge in [-0.05, 0) is 57.5 Å². The first-order chi connectivity index (χ1) is 12.6. The van der Waals surface area contributed by atoms with Crippen LogP contribution in [0.15, 0.2) is 36.5 Å². The van der Waals surface area contributed by atoms with Gasteiger partial charge in [0.2, 0.25) is 5.95 Å². The van der Waals surface area contributed by atoms with E-state index in [1.807, 2.05) is 38.2 Å². The van der Waals surface area contributed by atoms with Crippen LogP contribution in [0.3, 0.4) is 0 Å². The maximum atomic E-state index is 6.57. The Morgan fingerprint density at radius 1 is 1.23 bits per heavy atom. The molecule has 2 heterocycles. The number of aromatic nitrogens is 2. The van der Waals surface area contributed by atoms with E-state index in [1.165, 1.54) is 0 Å². The second-order valence-corrected chi connectivity index (χ2v) is 7.33. The number of nitrogens with one attached hydrogen (secondary N) is 2. The van der Waals surface area contributed by atoms with Crippen molar-refractivity contribution in [3.05, 3.63) is 52.8 Å². The van der Waals surface area contributed by atoms with E-state index in [-0.39, 0.29) is 11.5 Å². The van der Waals surface area contributed by atoms with Gasteiger partial charge in [-0.2, -0.15) is 0 Å². The number of benzene rings is 1. The van der Waals surface area contributed by atoms with Gasteiger partial charge in [0.15, 0.2) is 0 Å². The predicted molar refractivity (Wildman–Crippen MR) is 106 cm³/mol. The van der Waals surface area contributed by atoms with Crippen LogP contribution < -0.4 is 10.6 Å². The molecule has 0 aliphatic carbocycles. The number of nitrogens with zero attached hydrogens (tertiary/aromatic N) is 2. The van der Waals surface area contributed by atoms with Crippen molar-refractivity contribution in [2.75, 3.05) is 31.6 Å². The van der Waals surface area contributed by atoms with Crippen molar-refractivity contribution < 1.29 is 4.74 Å².